The van der Waals surface area contributed by atoms with Crippen molar-refractivity contribution in [3.05, 3.63) is 80.0 Å². The number of rotatable bonds is 6. The highest BCUT2D eigenvalue weighted by molar-refractivity contribution is 6.30. The number of benzene rings is 2. The molecule has 0 aliphatic rings. The summed E-state index contributed by atoms with van der Waals surface area (Å²) in [4.78, 5) is 38.6. The van der Waals surface area contributed by atoms with Crippen molar-refractivity contribution in [1.82, 2.24) is 24.1 Å². The Morgan fingerprint density at radius 1 is 1.10 bits per heavy atom. The fourth-order valence-electron chi connectivity index (χ4n) is 3.50. The molecule has 0 aliphatic carbocycles. The molecule has 2 aromatic heterocycles. The second kappa shape index (κ2) is 8.39. The van der Waals surface area contributed by atoms with Crippen molar-refractivity contribution in [3.63, 3.8) is 0 Å². The van der Waals surface area contributed by atoms with Crippen molar-refractivity contribution in [2.75, 3.05) is 0 Å². The topological polar surface area (TPSA) is 90.4 Å². The summed E-state index contributed by atoms with van der Waals surface area (Å²) in [6.45, 7) is 4.43. The number of carbonyl (C=O) groups excluding carboxylic acids is 1. The fourth-order valence-corrected chi connectivity index (χ4v) is 3.62. The Labute approximate surface area is 182 Å². The van der Waals surface area contributed by atoms with E-state index in [1.807, 2.05) is 26.0 Å². The van der Waals surface area contributed by atoms with Gasteiger partial charge in [-0.05, 0) is 35.7 Å². The number of amides is 1. The van der Waals surface area contributed by atoms with E-state index in [4.69, 9.17) is 11.6 Å². The fraction of sp³-hybridized carbons (Fsp3) is 0.273. The minimum absolute atomic E-state index is 0.172. The molecule has 0 spiro atoms. The highest BCUT2D eigenvalue weighted by Crippen LogP contribution is 2.12. The molecule has 0 fully saturated rings. The Bertz CT molecular complexity index is 1380. The van der Waals surface area contributed by atoms with Crippen molar-refractivity contribution in [1.29, 1.82) is 0 Å². The van der Waals surface area contributed by atoms with Gasteiger partial charge in [0.1, 0.15) is 6.54 Å². The summed E-state index contributed by atoms with van der Waals surface area (Å²) < 4.78 is 3.98. The third-order valence-electron chi connectivity index (χ3n) is 4.93. The van der Waals surface area contributed by atoms with Crippen LogP contribution in [-0.4, -0.2) is 24.7 Å². The van der Waals surface area contributed by atoms with Crippen LogP contribution in [0.25, 0.3) is 16.7 Å². The molecular formula is C22H22ClN5O3. The number of hydrogen-bond acceptors (Lipinski definition) is 4. The Morgan fingerprint density at radius 3 is 2.52 bits per heavy atom. The van der Waals surface area contributed by atoms with Gasteiger partial charge in [0.15, 0.2) is 0 Å². The Kier molecular flexibility index (Phi) is 5.65. The summed E-state index contributed by atoms with van der Waals surface area (Å²) in [5, 5.41) is 8.16. The third-order valence-corrected chi connectivity index (χ3v) is 5.18. The van der Waals surface area contributed by atoms with Crippen LogP contribution < -0.4 is 16.6 Å². The molecule has 2 heterocycles. The molecule has 31 heavy (non-hydrogen) atoms. The highest BCUT2D eigenvalue weighted by atomic mass is 35.5. The van der Waals surface area contributed by atoms with E-state index < -0.39 is 5.69 Å². The highest BCUT2D eigenvalue weighted by Gasteiger charge is 2.19. The van der Waals surface area contributed by atoms with Crippen LogP contribution in [0.15, 0.2) is 58.1 Å². The van der Waals surface area contributed by atoms with Gasteiger partial charge in [0, 0.05) is 18.1 Å². The van der Waals surface area contributed by atoms with Crippen LogP contribution >= 0.6 is 11.6 Å². The standard InChI is InChI=1S/C22H22ClN5O3/c1-14(2)12-26-20(30)17-5-3-4-6-18(17)28-21(26)25-27(22(28)31)13-19(29)24-11-15-7-9-16(23)10-8-15/h3-10,14H,11-13H2,1-2H3,(H,24,29). The molecule has 160 valence electrons. The first-order chi connectivity index (χ1) is 14.8. The Morgan fingerprint density at radius 2 is 1.81 bits per heavy atom. The van der Waals surface area contributed by atoms with Crippen molar-refractivity contribution in [3.8, 4) is 0 Å². The lowest BCUT2D eigenvalue weighted by atomic mass is 10.2. The van der Waals surface area contributed by atoms with E-state index in [0.29, 0.717) is 29.0 Å². The van der Waals surface area contributed by atoms with Crippen molar-refractivity contribution >= 4 is 34.2 Å². The molecule has 0 saturated carbocycles. The maximum absolute atomic E-state index is 13.1. The minimum Gasteiger partial charge on any atom is -0.350 e. The monoisotopic (exact) mass is 439 g/mol. The lowest BCUT2D eigenvalue weighted by Gasteiger charge is -2.11. The number of hydrogen-bond donors (Lipinski definition) is 1. The number of aromatic nitrogens is 4. The van der Waals surface area contributed by atoms with Gasteiger partial charge in [0.05, 0.1) is 10.9 Å². The Hall–Kier alpha value is -3.39. The second-order valence-electron chi connectivity index (χ2n) is 7.81. The van der Waals surface area contributed by atoms with Gasteiger partial charge in [-0.1, -0.05) is 49.7 Å². The number of fused-ring (bicyclic) bond motifs is 3. The number of nitrogens with zero attached hydrogens (tertiary/aromatic N) is 4. The molecule has 1 N–H and O–H groups in total. The first-order valence-corrected chi connectivity index (χ1v) is 10.3. The molecule has 9 heteroatoms. The molecule has 0 saturated heterocycles. The van der Waals surface area contributed by atoms with Gasteiger partial charge in [-0.25, -0.2) is 13.9 Å². The van der Waals surface area contributed by atoms with Gasteiger partial charge in [-0.15, -0.1) is 5.10 Å². The first-order valence-electron chi connectivity index (χ1n) is 9.97. The normalized spacial score (nSPS) is 11.5. The number of carbonyl (C=O) groups is 1. The van der Waals surface area contributed by atoms with Crippen LogP contribution in [0.4, 0.5) is 0 Å². The van der Waals surface area contributed by atoms with E-state index in [-0.39, 0.29) is 29.7 Å². The summed E-state index contributed by atoms with van der Waals surface area (Å²) in [7, 11) is 0. The molecule has 4 aromatic rings. The van der Waals surface area contributed by atoms with Crippen molar-refractivity contribution in [2.24, 2.45) is 5.92 Å². The number of halogens is 1. The molecule has 4 rings (SSSR count). The van der Waals surface area contributed by atoms with E-state index in [1.165, 1.54) is 8.97 Å². The summed E-state index contributed by atoms with van der Waals surface area (Å²) in [5.41, 5.74) is 0.684. The van der Waals surface area contributed by atoms with Gasteiger partial charge in [0.2, 0.25) is 11.7 Å². The van der Waals surface area contributed by atoms with Crippen LogP contribution in [-0.2, 0) is 24.4 Å². The van der Waals surface area contributed by atoms with Crippen LogP contribution in [0.3, 0.4) is 0 Å². The van der Waals surface area contributed by atoms with Gasteiger partial charge in [-0.2, -0.15) is 0 Å². The van der Waals surface area contributed by atoms with Gasteiger partial charge in [-0.3, -0.25) is 14.2 Å². The quantitative estimate of drug-likeness (QED) is 0.499. The lowest BCUT2D eigenvalue weighted by molar-refractivity contribution is -0.122. The van der Waals surface area contributed by atoms with Crippen molar-refractivity contribution in [2.45, 2.75) is 33.5 Å². The molecule has 8 nitrogen and oxygen atoms in total. The van der Waals surface area contributed by atoms with Gasteiger partial charge < -0.3 is 5.32 Å². The van der Waals surface area contributed by atoms with Crippen molar-refractivity contribution < 1.29 is 4.79 Å². The molecule has 0 bridgehead atoms. The van der Waals surface area contributed by atoms with Gasteiger partial charge in [0.25, 0.3) is 5.56 Å². The van der Waals surface area contributed by atoms with E-state index in [1.54, 1.807) is 36.4 Å². The lowest BCUT2D eigenvalue weighted by Crippen LogP contribution is -2.32. The zero-order valence-corrected chi connectivity index (χ0v) is 18.0. The minimum atomic E-state index is -0.467. The maximum atomic E-state index is 13.1. The summed E-state index contributed by atoms with van der Waals surface area (Å²) in [6, 6.07) is 14.0. The second-order valence-corrected chi connectivity index (χ2v) is 8.24. The molecule has 0 unspecified atom stereocenters. The van der Waals surface area contributed by atoms with Crippen LogP contribution in [0, 0.1) is 5.92 Å². The molecule has 2 aromatic carbocycles. The average molecular weight is 440 g/mol. The SMILES string of the molecule is CC(C)Cn1c(=O)c2ccccc2n2c(=O)n(CC(=O)NCc3ccc(Cl)cc3)nc12. The van der Waals surface area contributed by atoms with E-state index in [9.17, 15) is 14.4 Å². The van der Waals surface area contributed by atoms with Crippen LogP contribution in [0.5, 0.6) is 0 Å². The Balaban J connectivity index is 1.70. The number of nitrogens with one attached hydrogen (secondary N) is 1. The summed E-state index contributed by atoms with van der Waals surface area (Å²) in [6.07, 6.45) is 0. The summed E-state index contributed by atoms with van der Waals surface area (Å²) >= 11 is 5.87. The predicted octanol–water partition coefficient (Wildman–Crippen LogP) is 2.44. The largest absolute Gasteiger partial charge is 0.352 e. The van der Waals surface area contributed by atoms with E-state index in [2.05, 4.69) is 10.4 Å². The zero-order chi connectivity index (χ0) is 22.1. The molecule has 0 radical (unpaired) electrons. The zero-order valence-electron chi connectivity index (χ0n) is 17.2. The average Bonchev–Trinajstić information content (AvgIpc) is 3.06. The van der Waals surface area contributed by atoms with E-state index in [0.717, 1.165) is 10.2 Å². The van der Waals surface area contributed by atoms with Gasteiger partial charge >= 0.3 is 5.69 Å². The maximum Gasteiger partial charge on any atom is 0.352 e. The number of para-hydroxylation sites is 1. The third kappa shape index (κ3) is 4.11. The van der Waals surface area contributed by atoms with Crippen LogP contribution in [0.2, 0.25) is 5.02 Å². The molecule has 0 atom stereocenters. The smallest absolute Gasteiger partial charge is 0.350 e. The predicted molar refractivity (Wildman–Crippen MR) is 119 cm³/mol. The first kappa shape index (κ1) is 20.9. The van der Waals surface area contributed by atoms with E-state index >= 15 is 0 Å². The molecule has 0 aliphatic heterocycles. The molecular weight excluding hydrogens is 418 g/mol. The molecule has 1 amide bonds. The van der Waals surface area contributed by atoms with Crippen LogP contribution in [0.1, 0.15) is 19.4 Å². The summed E-state index contributed by atoms with van der Waals surface area (Å²) in [5.74, 6) is 0.0426.